The van der Waals surface area contributed by atoms with Crippen molar-refractivity contribution >= 4 is 17.6 Å². The second-order valence-electron chi connectivity index (χ2n) is 5.87. The number of morpholine rings is 1. The van der Waals surface area contributed by atoms with Crippen molar-refractivity contribution in [2.75, 3.05) is 18.5 Å². The summed E-state index contributed by atoms with van der Waals surface area (Å²) in [6.45, 7) is 1.41. The van der Waals surface area contributed by atoms with E-state index >= 15 is 0 Å². The normalized spacial score (nSPS) is 17.8. The van der Waals surface area contributed by atoms with E-state index < -0.39 is 23.7 Å². The highest BCUT2D eigenvalue weighted by molar-refractivity contribution is 5.94. The van der Waals surface area contributed by atoms with Gasteiger partial charge < -0.3 is 10.1 Å². The third-order valence-corrected chi connectivity index (χ3v) is 4.09. The van der Waals surface area contributed by atoms with E-state index in [1.54, 1.807) is 12.1 Å². The van der Waals surface area contributed by atoms with Gasteiger partial charge in [-0.05, 0) is 17.7 Å². The minimum Gasteiger partial charge on any atom is -0.463 e. The van der Waals surface area contributed by atoms with Gasteiger partial charge in [-0.3, -0.25) is 14.5 Å². The summed E-state index contributed by atoms with van der Waals surface area (Å²) in [5.74, 6) is -1.36. The molecular weight excluding hydrogens is 323 g/mol. The Morgan fingerprint density at radius 3 is 2.64 bits per heavy atom. The van der Waals surface area contributed by atoms with Gasteiger partial charge in [-0.1, -0.05) is 42.5 Å². The molecule has 1 amide bonds. The molecule has 130 valence electrons. The predicted molar refractivity (Wildman–Crippen MR) is 91.2 cm³/mol. The molecular formula is C19H19FN2O3. The summed E-state index contributed by atoms with van der Waals surface area (Å²) in [7, 11) is 0. The van der Waals surface area contributed by atoms with E-state index in [4.69, 9.17) is 4.74 Å². The second-order valence-corrected chi connectivity index (χ2v) is 5.87. The summed E-state index contributed by atoms with van der Waals surface area (Å²) in [6, 6.07) is 15.0. The first-order chi connectivity index (χ1) is 12.1. The highest BCUT2D eigenvalue weighted by Crippen LogP contribution is 2.18. The number of rotatable bonds is 5. The van der Waals surface area contributed by atoms with Crippen LogP contribution in [0, 0.1) is 5.82 Å². The Hall–Kier alpha value is -2.73. The number of benzene rings is 2. The van der Waals surface area contributed by atoms with Crippen molar-refractivity contribution in [2.24, 2.45) is 0 Å². The molecule has 1 atom stereocenters. The Kier molecular flexibility index (Phi) is 5.40. The van der Waals surface area contributed by atoms with E-state index in [2.05, 4.69) is 5.32 Å². The molecule has 0 aliphatic carbocycles. The van der Waals surface area contributed by atoms with Gasteiger partial charge in [0.25, 0.3) is 0 Å². The molecule has 1 fully saturated rings. The molecule has 2 aromatic carbocycles. The fourth-order valence-corrected chi connectivity index (χ4v) is 2.82. The van der Waals surface area contributed by atoms with Crippen molar-refractivity contribution in [2.45, 2.75) is 19.0 Å². The Morgan fingerprint density at radius 2 is 1.88 bits per heavy atom. The predicted octanol–water partition coefficient (Wildman–Crippen LogP) is 2.58. The molecule has 0 aromatic heterocycles. The Bertz CT molecular complexity index is 751. The average molecular weight is 342 g/mol. The molecule has 1 saturated heterocycles. The molecule has 25 heavy (non-hydrogen) atoms. The van der Waals surface area contributed by atoms with Crippen LogP contribution in [0.1, 0.15) is 12.0 Å². The number of carbonyl (C=O) groups is 2. The third-order valence-electron chi connectivity index (χ3n) is 4.09. The Morgan fingerprint density at radius 1 is 1.16 bits per heavy atom. The number of para-hydroxylation sites is 1. The number of ether oxygens (including phenoxy) is 1. The van der Waals surface area contributed by atoms with Crippen molar-refractivity contribution in [3.05, 3.63) is 66.0 Å². The highest BCUT2D eigenvalue weighted by atomic mass is 19.1. The van der Waals surface area contributed by atoms with E-state index in [0.717, 1.165) is 5.56 Å². The van der Waals surface area contributed by atoms with Gasteiger partial charge in [0.15, 0.2) is 0 Å². The molecule has 3 rings (SSSR count). The van der Waals surface area contributed by atoms with Gasteiger partial charge in [0, 0.05) is 13.1 Å². The lowest BCUT2D eigenvalue weighted by Crippen LogP contribution is -2.49. The van der Waals surface area contributed by atoms with Gasteiger partial charge in [-0.2, -0.15) is 0 Å². The van der Waals surface area contributed by atoms with E-state index in [1.165, 1.54) is 12.1 Å². The molecule has 1 aliphatic heterocycles. The average Bonchev–Trinajstić information content (AvgIpc) is 2.61. The minimum absolute atomic E-state index is 0.0833. The SMILES string of the molecule is O=C(C[C@H]1C(=O)OCCN1Cc1ccccc1)Nc1ccccc1F. The van der Waals surface area contributed by atoms with Crippen LogP contribution in [0.15, 0.2) is 54.6 Å². The van der Waals surface area contributed by atoms with Crippen LogP contribution in [0.25, 0.3) is 0 Å². The minimum atomic E-state index is -0.680. The maximum atomic E-state index is 13.7. The lowest BCUT2D eigenvalue weighted by Gasteiger charge is -2.33. The molecule has 0 spiro atoms. The van der Waals surface area contributed by atoms with Crippen molar-refractivity contribution in [1.29, 1.82) is 0 Å². The molecule has 5 nitrogen and oxygen atoms in total. The Balaban J connectivity index is 1.67. The van der Waals surface area contributed by atoms with E-state index in [-0.39, 0.29) is 12.1 Å². The number of nitrogens with zero attached hydrogens (tertiary/aromatic N) is 1. The zero-order valence-electron chi connectivity index (χ0n) is 13.7. The van der Waals surface area contributed by atoms with Gasteiger partial charge in [-0.15, -0.1) is 0 Å². The maximum absolute atomic E-state index is 13.7. The lowest BCUT2D eigenvalue weighted by atomic mass is 10.1. The first kappa shape index (κ1) is 17.1. The Labute approximate surface area is 145 Å². The van der Waals surface area contributed by atoms with E-state index in [0.29, 0.717) is 19.7 Å². The maximum Gasteiger partial charge on any atom is 0.323 e. The number of hydrogen-bond donors (Lipinski definition) is 1. The monoisotopic (exact) mass is 342 g/mol. The number of anilines is 1. The quantitative estimate of drug-likeness (QED) is 0.849. The molecule has 1 heterocycles. The first-order valence-electron chi connectivity index (χ1n) is 8.12. The molecule has 0 bridgehead atoms. The van der Waals surface area contributed by atoms with Crippen LogP contribution in [0.5, 0.6) is 0 Å². The molecule has 0 saturated carbocycles. The smallest absolute Gasteiger partial charge is 0.323 e. The van der Waals surface area contributed by atoms with Gasteiger partial charge in [0.2, 0.25) is 5.91 Å². The largest absolute Gasteiger partial charge is 0.463 e. The fraction of sp³-hybridized carbons (Fsp3) is 0.263. The lowest BCUT2D eigenvalue weighted by molar-refractivity contribution is -0.159. The number of hydrogen-bond acceptors (Lipinski definition) is 4. The summed E-state index contributed by atoms with van der Waals surface area (Å²) < 4.78 is 18.8. The third kappa shape index (κ3) is 4.42. The van der Waals surface area contributed by atoms with Crippen LogP contribution in [0.2, 0.25) is 0 Å². The first-order valence-corrected chi connectivity index (χ1v) is 8.12. The zero-order chi connectivity index (χ0) is 17.6. The molecule has 0 unspecified atom stereocenters. The molecule has 0 radical (unpaired) electrons. The number of halogens is 1. The number of carbonyl (C=O) groups excluding carboxylic acids is 2. The summed E-state index contributed by atoms with van der Waals surface area (Å²) in [6.07, 6.45) is -0.0833. The summed E-state index contributed by atoms with van der Waals surface area (Å²) >= 11 is 0. The van der Waals surface area contributed by atoms with Crippen LogP contribution in [-0.4, -0.2) is 36.0 Å². The number of cyclic esters (lactones) is 1. The van der Waals surface area contributed by atoms with Crippen LogP contribution in [-0.2, 0) is 20.9 Å². The topological polar surface area (TPSA) is 58.6 Å². The molecule has 1 aliphatic rings. The summed E-state index contributed by atoms with van der Waals surface area (Å²) in [5, 5.41) is 2.51. The number of amides is 1. The van der Waals surface area contributed by atoms with Crippen LogP contribution >= 0.6 is 0 Å². The molecule has 6 heteroatoms. The fourth-order valence-electron chi connectivity index (χ4n) is 2.82. The van der Waals surface area contributed by atoms with Gasteiger partial charge in [0.05, 0.1) is 12.1 Å². The van der Waals surface area contributed by atoms with Crippen molar-refractivity contribution in [1.82, 2.24) is 4.90 Å². The van der Waals surface area contributed by atoms with Gasteiger partial charge in [-0.25, -0.2) is 4.39 Å². The second kappa shape index (κ2) is 7.90. The van der Waals surface area contributed by atoms with E-state index in [9.17, 15) is 14.0 Å². The van der Waals surface area contributed by atoms with Gasteiger partial charge in [0.1, 0.15) is 18.5 Å². The van der Waals surface area contributed by atoms with Crippen molar-refractivity contribution < 1.29 is 18.7 Å². The molecule has 1 N–H and O–H groups in total. The van der Waals surface area contributed by atoms with Gasteiger partial charge >= 0.3 is 5.97 Å². The summed E-state index contributed by atoms with van der Waals surface area (Å²) in [4.78, 5) is 26.3. The van der Waals surface area contributed by atoms with Crippen LogP contribution in [0.3, 0.4) is 0 Å². The number of esters is 1. The number of nitrogens with one attached hydrogen (secondary N) is 1. The highest BCUT2D eigenvalue weighted by Gasteiger charge is 2.33. The summed E-state index contributed by atoms with van der Waals surface area (Å²) in [5.41, 5.74) is 1.16. The van der Waals surface area contributed by atoms with Crippen LogP contribution < -0.4 is 5.32 Å². The van der Waals surface area contributed by atoms with Crippen LogP contribution in [0.4, 0.5) is 10.1 Å². The zero-order valence-corrected chi connectivity index (χ0v) is 13.7. The van der Waals surface area contributed by atoms with E-state index in [1.807, 2.05) is 35.2 Å². The standard InChI is InChI=1S/C19H19FN2O3/c20-15-8-4-5-9-16(15)21-18(23)12-17-19(24)25-11-10-22(17)13-14-6-2-1-3-7-14/h1-9,17H,10-13H2,(H,21,23)/t17-/m0/s1. The van der Waals surface area contributed by atoms with Crippen molar-refractivity contribution in [3.63, 3.8) is 0 Å². The van der Waals surface area contributed by atoms with Crippen molar-refractivity contribution in [3.8, 4) is 0 Å². The molecule has 2 aromatic rings.